The van der Waals surface area contributed by atoms with Crippen molar-refractivity contribution in [1.29, 1.82) is 0 Å². The van der Waals surface area contributed by atoms with Gasteiger partial charge in [0.2, 0.25) is 0 Å². The van der Waals surface area contributed by atoms with Crippen LogP contribution in [0.3, 0.4) is 0 Å². The van der Waals surface area contributed by atoms with Crippen LogP contribution in [0, 0.1) is 6.92 Å². The number of thioether (sulfide) groups is 1. The average molecular weight is 234 g/mol. The second-order valence-electron chi connectivity index (χ2n) is 2.85. The molecular weight excluding hydrogens is 220 g/mol. The maximum Gasteiger partial charge on any atom is 0.181 e. The second-order valence-corrected chi connectivity index (χ2v) is 5.16. The monoisotopic (exact) mass is 234 g/mol. The number of nitrogens with zero attached hydrogens (tertiary/aromatic N) is 1. The second kappa shape index (κ2) is 5.55. The first-order valence-corrected chi connectivity index (χ1v) is 5.96. The van der Waals surface area contributed by atoms with Crippen molar-refractivity contribution in [3.8, 4) is 0 Å². The fourth-order valence-electron chi connectivity index (χ4n) is 0.949. The molecule has 3 N–H and O–H groups in total. The molecule has 0 saturated heterocycles. The Morgan fingerprint density at radius 1 is 1.71 bits per heavy atom. The summed E-state index contributed by atoms with van der Waals surface area (Å²) >= 11 is 3.01. The van der Waals surface area contributed by atoms with E-state index < -0.39 is 6.10 Å². The third-order valence-electron chi connectivity index (χ3n) is 1.54. The van der Waals surface area contributed by atoms with Crippen molar-refractivity contribution in [2.75, 3.05) is 25.2 Å². The SMILES string of the molecule is COCC(O)CSc1sc(N)nc1C. The number of thiazole rings is 1. The number of nitrogens with two attached hydrogens (primary N) is 1. The summed E-state index contributed by atoms with van der Waals surface area (Å²) in [6, 6.07) is 0. The zero-order chi connectivity index (χ0) is 10.6. The van der Waals surface area contributed by atoms with E-state index in [1.54, 1.807) is 18.9 Å². The Labute approximate surface area is 91.5 Å². The Morgan fingerprint density at radius 2 is 2.43 bits per heavy atom. The van der Waals surface area contributed by atoms with Crippen molar-refractivity contribution in [2.24, 2.45) is 0 Å². The van der Waals surface area contributed by atoms with Crippen molar-refractivity contribution in [3.05, 3.63) is 5.69 Å². The third-order valence-corrected chi connectivity index (χ3v) is 4.03. The number of hydrogen-bond donors (Lipinski definition) is 2. The summed E-state index contributed by atoms with van der Waals surface area (Å²) in [7, 11) is 1.57. The van der Waals surface area contributed by atoms with Gasteiger partial charge in [-0.3, -0.25) is 0 Å². The zero-order valence-electron chi connectivity index (χ0n) is 8.19. The first-order chi connectivity index (χ1) is 6.63. The van der Waals surface area contributed by atoms with Gasteiger partial charge in [0, 0.05) is 12.9 Å². The van der Waals surface area contributed by atoms with Gasteiger partial charge in [0.25, 0.3) is 0 Å². The fraction of sp³-hybridized carbons (Fsp3) is 0.625. The summed E-state index contributed by atoms with van der Waals surface area (Å²) in [5.74, 6) is 0.607. The molecule has 6 heteroatoms. The Kier molecular flexibility index (Phi) is 4.67. The minimum Gasteiger partial charge on any atom is -0.390 e. The number of hydrogen-bond acceptors (Lipinski definition) is 6. The van der Waals surface area contributed by atoms with E-state index >= 15 is 0 Å². The number of rotatable bonds is 5. The minimum absolute atomic E-state index is 0.361. The number of aromatic nitrogens is 1. The molecule has 0 saturated carbocycles. The number of ether oxygens (including phenoxy) is 1. The molecule has 0 aliphatic rings. The van der Waals surface area contributed by atoms with Gasteiger partial charge in [-0.05, 0) is 6.92 Å². The van der Waals surface area contributed by atoms with Gasteiger partial charge in [-0.15, -0.1) is 11.8 Å². The van der Waals surface area contributed by atoms with Crippen molar-refractivity contribution in [3.63, 3.8) is 0 Å². The first-order valence-electron chi connectivity index (χ1n) is 4.16. The van der Waals surface area contributed by atoms with Gasteiger partial charge in [0.05, 0.1) is 22.6 Å². The van der Waals surface area contributed by atoms with Crippen LogP contribution in [0.25, 0.3) is 0 Å². The van der Waals surface area contributed by atoms with E-state index in [1.807, 2.05) is 6.92 Å². The molecule has 1 aromatic heterocycles. The Bertz CT molecular complexity index is 291. The molecule has 0 bridgehead atoms. The minimum atomic E-state index is -0.437. The fourth-order valence-corrected chi connectivity index (χ4v) is 2.91. The Morgan fingerprint density at radius 3 is 2.93 bits per heavy atom. The quantitative estimate of drug-likeness (QED) is 0.748. The van der Waals surface area contributed by atoms with Crippen LogP contribution in [0.4, 0.5) is 5.13 Å². The summed E-state index contributed by atoms with van der Waals surface area (Å²) in [5.41, 5.74) is 6.48. The van der Waals surface area contributed by atoms with E-state index in [9.17, 15) is 5.11 Å². The smallest absolute Gasteiger partial charge is 0.181 e. The molecule has 80 valence electrons. The van der Waals surface area contributed by atoms with Gasteiger partial charge < -0.3 is 15.6 Å². The summed E-state index contributed by atoms with van der Waals surface area (Å²) in [5, 5.41) is 9.99. The predicted octanol–water partition coefficient (Wildman–Crippen LogP) is 1.13. The van der Waals surface area contributed by atoms with Crippen LogP contribution in [0.2, 0.25) is 0 Å². The molecule has 0 amide bonds. The Hall–Kier alpha value is -0.300. The van der Waals surface area contributed by atoms with Crippen LogP contribution in [0.15, 0.2) is 4.21 Å². The molecule has 1 unspecified atom stereocenters. The van der Waals surface area contributed by atoms with Gasteiger partial charge in [0.15, 0.2) is 5.13 Å². The zero-order valence-corrected chi connectivity index (χ0v) is 9.82. The summed E-state index contributed by atoms with van der Waals surface area (Å²) in [6.07, 6.45) is -0.437. The molecule has 0 fully saturated rings. The predicted molar refractivity (Wildman–Crippen MR) is 59.9 cm³/mol. The lowest BCUT2D eigenvalue weighted by molar-refractivity contribution is 0.0794. The van der Waals surface area contributed by atoms with Crippen LogP contribution < -0.4 is 5.73 Å². The number of anilines is 1. The van der Waals surface area contributed by atoms with Gasteiger partial charge in [0.1, 0.15) is 0 Å². The molecular formula is C8H14N2O2S2. The van der Waals surface area contributed by atoms with Gasteiger partial charge in [-0.2, -0.15) is 0 Å². The van der Waals surface area contributed by atoms with Gasteiger partial charge >= 0.3 is 0 Å². The highest BCUT2D eigenvalue weighted by atomic mass is 32.2. The van der Waals surface area contributed by atoms with E-state index in [0.29, 0.717) is 17.5 Å². The highest BCUT2D eigenvalue weighted by Crippen LogP contribution is 2.30. The van der Waals surface area contributed by atoms with Gasteiger partial charge in [-0.1, -0.05) is 11.3 Å². The van der Waals surface area contributed by atoms with Crippen molar-refractivity contribution in [2.45, 2.75) is 17.2 Å². The molecule has 14 heavy (non-hydrogen) atoms. The van der Waals surface area contributed by atoms with Crippen LogP contribution >= 0.6 is 23.1 Å². The van der Waals surface area contributed by atoms with Crippen LogP contribution in [-0.2, 0) is 4.74 Å². The lowest BCUT2D eigenvalue weighted by Crippen LogP contribution is -2.16. The van der Waals surface area contributed by atoms with E-state index in [2.05, 4.69) is 4.98 Å². The largest absolute Gasteiger partial charge is 0.390 e. The maximum absolute atomic E-state index is 9.42. The van der Waals surface area contributed by atoms with Gasteiger partial charge in [-0.25, -0.2) is 4.98 Å². The van der Waals surface area contributed by atoms with E-state index in [4.69, 9.17) is 10.5 Å². The number of aryl methyl sites for hydroxylation is 1. The number of aliphatic hydroxyl groups excluding tert-OH is 1. The molecule has 1 heterocycles. The topological polar surface area (TPSA) is 68.4 Å². The standard InChI is InChI=1S/C8H14N2O2S2/c1-5-7(14-8(9)10-5)13-4-6(11)3-12-2/h6,11H,3-4H2,1-2H3,(H2,9,10). The van der Waals surface area contributed by atoms with Crippen molar-refractivity contribution < 1.29 is 9.84 Å². The molecule has 0 spiro atoms. The summed E-state index contributed by atoms with van der Waals surface area (Å²) in [4.78, 5) is 4.10. The molecule has 0 radical (unpaired) electrons. The number of aliphatic hydroxyl groups is 1. The molecule has 4 nitrogen and oxygen atoms in total. The van der Waals surface area contributed by atoms with E-state index in [0.717, 1.165) is 9.90 Å². The normalized spacial score (nSPS) is 13.1. The van der Waals surface area contributed by atoms with Crippen LogP contribution in [0.5, 0.6) is 0 Å². The molecule has 1 atom stereocenters. The van der Waals surface area contributed by atoms with Crippen molar-refractivity contribution in [1.82, 2.24) is 4.98 Å². The van der Waals surface area contributed by atoms with Crippen molar-refractivity contribution >= 4 is 28.2 Å². The molecule has 1 aromatic rings. The lowest BCUT2D eigenvalue weighted by Gasteiger charge is -2.07. The lowest BCUT2D eigenvalue weighted by atomic mass is 10.4. The number of nitrogen functional groups attached to an aromatic ring is 1. The first kappa shape index (κ1) is 11.8. The molecule has 0 aliphatic carbocycles. The highest BCUT2D eigenvalue weighted by Gasteiger charge is 2.09. The number of methoxy groups -OCH3 is 1. The summed E-state index contributed by atoms with van der Waals surface area (Å²) in [6.45, 7) is 2.28. The van der Waals surface area contributed by atoms with Crippen LogP contribution in [0.1, 0.15) is 5.69 Å². The van der Waals surface area contributed by atoms with E-state index in [-0.39, 0.29) is 0 Å². The molecule has 1 rings (SSSR count). The summed E-state index contributed by atoms with van der Waals surface area (Å²) < 4.78 is 5.89. The average Bonchev–Trinajstić information content (AvgIpc) is 2.42. The molecule has 0 aromatic carbocycles. The molecule has 0 aliphatic heterocycles. The maximum atomic E-state index is 9.42. The third kappa shape index (κ3) is 3.45. The highest BCUT2D eigenvalue weighted by molar-refractivity contribution is 8.01. The van der Waals surface area contributed by atoms with Crippen LogP contribution in [-0.4, -0.2) is 35.7 Å². The Balaban J connectivity index is 2.41. The van der Waals surface area contributed by atoms with E-state index in [1.165, 1.54) is 11.3 Å².